The Kier molecular flexibility index (Phi) is 14.4. The Hall–Kier alpha value is -1.60. The predicted octanol–water partition coefficient (Wildman–Crippen LogP) is 6.52. The zero-order valence-corrected chi connectivity index (χ0v) is 21.8. The molecule has 7 heteroatoms. The number of carbonyl (C=O) groups is 1. The highest BCUT2D eigenvalue weighted by atomic mass is 32.2. The van der Waals surface area contributed by atoms with Gasteiger partial charge in [0.2, 0.25) is 10.0 Å². The van der Waals surface area contributed by atoms with Crippen molar-refractivity contribution in [3.63, 3.8) is 0 Å². The third-order valence-corrected chi connectivity index (χ3v) is 6.30. The zero-order chi connectivity index (χ0) is 24.6. The molecule has 0 saturated carbocycles. The summed E-state index contributed by atoms with van der Waals surface area (Å²) in [6.07, 6.45) is 16.2. The number of unbranched alkanes of at least 4 members (excludes halogenated alkanes) is 12. The Morgan fingerprint density at radius 2 is 1.18 bits per heavy atom. The quantitative estimate of drug-likeness (QED) is 0.189. The lowest BCUT2D eigenvalue weighted by Crippen LogP contribution is -2.23. The van der Waals surface area contributed by atoms with Crippen LogP contribution in [-0.2, 0) is 19.6 Å². The Balaban J connectivity index is 1.84. The molecule has 190 valence electrons. The van der Waals surface area contributed by atoms with Crippen molar-refractivity contribution < 1.29 is 22.7 Å². The van der Waals surface area contributed by atoms with Gasteiger partial charge in [-0.1, -0.05) is 70.6 Å². The van der Waals surface area contributed by atoms with Gasteiger partial charge >= 0.3 is 5.97 Å². The second-order valence-corrected chi connectivity index (χ2v) is 11.4. The molecule has 2 N–H and O–H groups in total. The zero-order valence-electron chi connectivity index (χ0n) is 20.9. The van der Waals surface area contributed by atoms with E-state index in [0.29, 0.717) is 18.8 Å². The number of nitrogens with two attached hydrogens (primary N) is 1. The Morgan fingerprint density at radius 3 is 1.61 bits per heavy atom. The van der Waals surface area contributed by atoms with Gasteiger partial charge in [-0.25, -0.2) is 13.6 Å². The number of hydrogen-bond acceptors (Lipinski definition) is 5. The first-order valence-corrected chi connectivity index (χ1v) is 14.1. The van der Waals surface area contributed by atoms with Gasteiger partial charge in [-0.3, -0.25) is 4.79 Å². The van der Waals surface area contributed by atoms with Crippen LogP contribution in [0.5, 0.6) is 5.75 Å². The van der Waals surface area contributed by atoms with Crippen molar-refractivity contribution in [2.75, 3.05) is 6.61 Å². The second-order valence-electron chi connectivity index (χ2n) is 9.80. The summed E-state index contributed by atoms with van der Waals surface area (Å²) in [5.41, 5.74) is -0.375. The first-order chi connectivity index (χ1) is 15.6. The van der Waals surface area contributed by atoms with Crippen LogP contribution < -0.4 is 9.88 Å². The van der Waals surface area contributed by atoms with E-state index in [0.717, 1.165) is 25.7 Å². The molecule has 0 unspecified atom stereocenters. The molecule has 1 aromatic carbocycles. The Morgan fingerprint density at radius 1 is 0.758 bits per heavy atom. The second kappa shape index (κ2) is 16.1. The fourth-order valence-electron chi connectivity index (χ4n) is 3.62. The van der Waals surface area contributed by atoms with Gasteiger partial charge in [-0.05, 0) is 57.9 Å². The van der Waals surface area contributed by atoms with Crippen LogP contribution in [0.4, 0.5) is 0 Å². The molecular weight excluding hydrogens is 438 g/mol. The van der Waals surface area contributed by atoms with Crippen LogP contribution in [0.1, 0.15) is 111 Å². The normalized spacial score (nSPS) is 12.0. The van der Waals surface area contributed by atoms with Gasteiger partial charge in [-0.15, -0.1) is 0 Å². The highest BCUT2D eigenvalue weighted by molar-refractivity contribution is 7.89. The number of carbonyl (C=O) groups excluding carboxylic acids is 1. The van der Waals surface area contributed by atoms with E-state index >= 15 is 0 Å². The van der Waals surface area contributed by atoms with Gasteiger partial charge in [0.25, 0.3) is 0 Å². The van der Waals surface area contributed by atoms with E-state index in [-0.39, 0.29) is 16.5 Å². The van der Waals surface area contributed by atoms with E-state index in [9.17, 15) is 13.2 Å². The molecule has 0 radical (unpaired) electrons. The SMILES string of the molecule is CC(C)(C)OC(=O)CCCCCCCCCCCCCCCOc1ccc(S(N)(=O)=O)cc1. The molecule has 0 bridgehead atoms. The average molecular weight is 484 g/mol. The van der Waals surface area contributed by atoms with Crippen LogP contribution in [-0.4, -0.2) is 26.6 Å². The molecule has 0 heterocycles. The van der Waals surface area contributed by atoms with Gasteiger partial charge in [0.05, 0.1) is 11.5 Å². The third kappa shape index (κ3) is 16.6. The molecule has 6 nitrogen and oxygen atoms in total. The molecule has 1 aromatic rings. The van der Waals surface area contributed by atoms with Crippen molar-refractivity contribution in [2.24, 2.45) is 5.14 Å². The number of rotatable bonds is 18. The van der Waals surface area contributed by atoms with Gasteiger partial charge in [-0.2, -0.15) is 0 Å². The van der Waals surface area contributed by atoms with Crippen molar-refractivity contribution in [3.05, 3.63) is 24.3 Å². The summed E-state index contributed by atoms with van der Waals surface area (Å²) in [6, 6.07) is 6.22. The van der Waals surface area contributed by atoms with Gasteiger partial charge in [0, 0.05) is 6.42 Å². The van der Waals surface area contributed by atoms with Crippen molar-refractivity contribution in [2.45, 2.75) is 121 Å². The number of sulfonamides is 1. The maximum Gasteiger partial charge on any atom is 0.306 e. The van der Waals surface area contributed by atoms with Crippen LogP contribution >= 0.6 is 0 Å². The fourth-order valence-corrected chi connectivity index (χ4v) is 4.14. The highest BCUT2D eigenvalue weighted by Crippen LogP contribution is 2.17. The summed E-state index contributed by atoms with van der Waals surface area (Å²) in [5, 5.41) is 5.08. The van der Waals surface area contributed by atoms with Gasteiger partial charge in [0.15, 0.2) is 0 Å². The van der Waals surface area contributed by atoms with Crippen LogP contribution in [0.15, 0.2) is 29.2 Å². The smallest absolute Gasteiger partial charge is 0.306 e. The maximum absolute atomic E-state index is 11.6. The highest BCUT2D eigenvalue weighted by Gasteiger charge is 2.15. The molecule has 0 aliphatic carbocycles. The van der Waals surface area contributed by atoms with E-state index in [1.807, 2.05) is 20.8 Å². The minimum atomic E-state index is -3.65. The van der Waals surface area contributed by atoms with Crippen LogP contribution in [0.3, 0.4) is 0 Å². The summed E-state index contributed by atoms with van der Waals surface area (Å²) >= 11 is 0. The molecule has 0 amide bonds. The topological polar surface area (TPSA) is 95.7 Å². The molecule has 0 fully saturated rings. The first-order valence-electron chi connectivity index (χ1n) is 12.6. The molecule has 0 atom stereocenters. The summed E-state index contributed by atoms with van der Waals surface area (Å²) in [5.74, 6) is 0.595. The first kappa shape index (κ1) is 29.4. The minimum Gasteiger partial charge on any atom is -0.494 e. The van der Waals surface area contributed by atoms with E-state index in [1.165, 1.54) is 69.9 Å². The third-order valence-electron chi connectivity index (χ3n) is 5.37. The Bertz CT molecular complexity index is 754. The largest absolute Gasteiger partial charge is 0.494 e. The number of ether oxygens (including phenoxy) is 2. The standard InChI is InChI=1S/C26H45NO5S/c1-26(2,3)32-25(28)17-15-13-11-9-7-5-4-6-8-10-12-14-16-22-31-23-18-20-24(21-19-23)33(27,29)30/h18-21H,4-17,22H2,1-3H3,(H2,27,29,30). The monoisotopic (exact) mass is 483 g/mol. The van der Waals surface area contributed by atoms with Gasteiger partial charge in [0.1, 0.15) is 11.4 Å². The number of benzene rings is 1. The van der Waals surface area contributed by atoms with Crippen molar-refractivity contribution in [1.82, 2.24) is 0 Å². The van der Waals surface area contributed by atoms with Crippen LogP contribution in [0.25, 0.3) is 0 Å². The van der Waals surface area contributed by atoms with Gasteiger partial charge < -0.3 is 9.47 Å². The van der Waals surface area contributed by atoms with E-state index in [2.05, 4.69) is 0 Å². The lowest BCUT2D eigenvalue weighted by molar-refractivity contribution is -0.154. The molecule has 33 heavy (non-hydrogen) atoms. The molecule has 0 aliphatic heterocycles. The maximum atomic E-state index is 11.6. The molecular formula is C26H45NO5S. The van der Waals surface area contributed by atoms with Crippen molar-refractivity contribution in [3.8, 4) is 5.75 Å². The number of primary sulfonamides is 1. The predicted molar refractivity (Wildman–Crippen MR) is 134 cm³/mol. The summed E-state index contributed by atoms with van der Waals surface area (Å²) in [7, 11) is -3.65. The van der Waals surface area contributed by atoms with Crippen LogP contribution in [0.2, 0.25) is 0 Å². The van der Waals surface area contributed by atoms with E-state index in [1.54, 1.807) is 12.1 Å². The number of esters is 1. The molecule has 1 rings (SSSR count). The number of hydrogen-bond donors (Lipinski definition) is 1. The van der Waals surface area contributed by atoms with E-state index in [4.69, 9.17) is 14.6 Å². The molecule has 0 aliphatic rings. The lowest BCUT2D eigenvalue weighted by Gasteiger charge is -2.19. The van der Waals surface area contributed by atoms with E-state index < -0.39 is 10.0 Å². The molecule has 0 saturated heterocycles. The van der Waals surface area contributed by atoms with Crippen molar-refractivity contribution >= 4 is 16.0 Å². The Labute approximate surface area is 201 Å². The summed E-state index contributed by atoms with van der Waals surface area (Å²) in [4.78, 5) is 11.7. The van der Waals surface area contributed by atoms with Crippen LogP contribution in [0, 0.1) is 0 Å². The van der Waals surface area contributed by atoms with Crippen molar-refractivity contribution in [1.29, 1.82) is 0 Å². The minimum absolute atomic E-state index is 0.0767. The molecule has 0 spiro atoms. The summed E-state index contributed by atoms with van der Waals surface area (Å²) < 4.78 is 33.4. The lowest BCUT2D eigenvalue weighted by atomic mass is 10.0. The summed E-state index contributed by atoms with van der Waals surface area (Å²) in [6.45, 7) is 6.37. The fraction of sp³-hybridized carbons (Fsp3) is 0.731. The molecule has 0 aromatic heterocycles. The average Bonchev–Trinajstić information content (AvgIpc) is 2.72.